The molecule has 0 spiro atoms. The first-order valence-corrected chi connectivity index (χ1v) is 9.18. The van der Waals surface area contributed by atoms with Gasteiger partial charge in [0.1, 0.15) is 0 Å². The molecular formula is C23H14F2N2O4. The van der Waals surface area contributed by atoms with Crippen molar-refractivity contribution in [3.05, 3.63) is 106 Å². The second-order valence-corrected chi connectivity index (χ2v) is 6.57. The molecule has 0 radical (unpaired) electrons. The first kappa shape index (κ1) is 20.1. The van der Waals surface area contributed by atoms with Crippen LogP contribution in [-0.4, -0.2) is 28.1 Å². The number of halogens is 2. The highest BCUT2D eigenvalue weighted by atomic mass is 19.2. The van der Waals surface area contributed by atoms with Crippen molar-refractivity contribution in [2.24, 2.45) is 0 Å². The molecule has 31 heavy (non-hydrogen) atoms. The molecule has 4 rings (SSSR count). The molecule has 3 aromatic carbocycles. The highest BCUT2D eigenvalue weighted by molar-refractivity contribution is 6.04. The van der Waals surface area contributed by atoms with E-state index in [4.69, 9.17) is 4.74 Å². The summed E-state index contributed by atoms with van der Waals surface area (Å²) < 4.78 is 32.5. The summed E-state index contributed by atoms with van der Waals surface area (Å²) in [5, 5.41) is 4.67. The molecule has 0 aliphatic rings. The predicted molar refractivity (Wildman–Crippen MR) is 108 cm³/mol. The summed E-state index contributed by atoms with van der Waals surface area (Å²) in [5.41, 5.74) is -0.266. The molecule has 0 atom stereocenters. The lowest BCUT2D eigenvalue weighted by Gasteiger charge is -2.11. The molecule has 154 valence electrons. The average Bonchev–Trinajstić information content (AvgIpc) is 2.80. The highest BCUT2D eigenvalue weighted by Crippen LogP contribution is 2.16. The van der Waals surface area contributed by atoms with Crippen LogP contribution in [0.25, 0.3) is 16.5 Å². The number of hydrogen-bond acceptors (Lipinski definition) is 5. The van der Waals surface area contributed by atoms with Crippen LogP contribution in [0, 0.1) is 11.6 Å². The van der Waals surface area contributed by atoms with Crippen molar-refractivity contribution in [1.82, 2.24) is 9.78 Å². The Kier molecular flexibility index (Phi) is 5.36. The van der Waals surface area contributed by atoms with Gasteiger partial charge in [0.15, 0.2) is 29.7 Å². The number of rotatable bonds is 5. The van der Waals surface area contributed by atoms with E-state index in [0.29, 0.717) is 5.69 Å². The first-order valence-electron chi connectivity index (χ1n) is 9.18. The molecular weight excluding hydrogens is 406 g/mol. The van der Waals surface area contributed by atoms with E-state index in [9.17, 15) is 23.2 Å². The van der Waals surface area contributed by atoms with Crippen LogP contribution < -0.4 is 5.56 Å². The summed E-state index contributed by atoms with van der Waals surface area (Å²) in [6.07, 6.45) is 0. The van der Waals surface area contributed by atoms with Crippen molar-refractivity contribution in [3.8, 4) is 5.69 Å². The molecule has 1 heterocycles. The molecule has 0 saturated heterocycles. The van der Waals surface area contributed by atoms with E-state index in [1.54, 1.807) is 54.6 Å². The number of Topliss-reactive ketones (excluding diaryl/α,β-unsaturated/α-hetero) is 1. The Morgan fingerprint density at radius 3 is 2.26 bits per heavy atom. The van der Waals surface area contributed by atoms with Crippen molar-refractivity contribution in [2.45, 2.75) is 0 Å². The molecule has 0 amide bonds. The Hall–Kier alpha value is -4.20. The van der Waals surface area contributed by atoms with Crippen LogP contribution in [-0.2, 0) is 4.74 Å². The third kappa shape index (κ3) is 3.95. The van der Waals surface area contributed by atoms with E-state index in [-0.39, 0.29) is 22.0 Å². The summed E-state index contributed by atoms with van der Waals surface area (Å²) in [6.45, 7) is -0.704. The molecule has 4 aromatic rings. The molecule has 1 aromatic heterocycles. The summed E-state index contributed by atoms with van der Waals surface area (Å²) in [6, 6.07) is 17.6. The van der Waals surface area contributed by atoms with E-state index in [0.717, 1.165) is 22.9 Å². The zero-order valence-corrected chi connectivity index (χ0v) is 15.9. The van der Waals surface area contributed by atoms with Crippen LogP contribution in [0.1, 0.15) is 20.8 Å². The maximum absolute atomic E-state index is 13.3. The van der Waals surface area contributed by atoms with Gasteiger partial charge in [-0.25, -0.2) is 13.6 Å². The number of fused-ring (bicyclic) bond motifs is 1. The topological polar surface area (TPSA) is 78.3 Å². The average molecular weight is 420 g/mol. The van der Waals surface area contributed by atoms with Crippen LogP contribution in [0.3, 0.4) is 0 Å². The maximum Gasteiger partial charge on any atom is 0.359 e. The normalized spacial score (nSPS) is 10.8. The lowest BCUT2D eigenvalue weighted by atomic mass is 10.1. The van der Waals surface area contributed by atoms with Crippen LogP contribution >= 0.6 is 0 Å². The predicted octanol–water partition coefficient (Wildman–Crippen LogP) is 3.70. The number of aromatic nitrogens is 2. The SMILES string of the molecule is O=C(COC(=O)c1nn(-c2ccccc2)c(=O)c2ccccc12)c1ccc(F)c(F)c1. The lowest BCUT2D eigenvalue weighted by Crippen LogP contribution is -2.25. The van der Waals surface area contributed by atoms with Crippen molar-refractivity contribution < 1.29 is 23.1 Å². The lowest BCUT2D eigenvalue weighted by molar-refractivity contribution is 0.0469. The van der Waals surface area contributed by atoms with E-state index < -0.39 is 35.6 Å². The largest absolute Gasteiger partial charge is 0.452 e. The van der Waals surface area contributed by atoms with Crippen molar-refractivity contribution in [2.75, 3.05) is 6.61 Å². The first-order chi connectivity index (χ1) is 15.0. The number of benzene rings is 3. The molecule has 0 fully saturated rings. The molecule has 0 saturated carbocycles. The van der Waals surface area contributed by atoms with Crippen molar-refractivity contribution in [1.29, 1.82) is 0 Å². The number of carbonyl (C=O) groups excluding carboxylic acids is 2. The van der Waals surface area contributed by atoms with Gasteiger partial charge in [0.25, 0.3) is 5.56 Å². The second kappa shape index (κ2) is 8.27. The Morgan fingerprint density at radius 1 is 0.871 bits per heavy atom. The Balaban J connectivity index is 1.67. The van der Waals surface area contributed by atoms with E-state index in [1.165, 1.54) is 0 Å². The summed E-state index contributed by atoms with van der Waals surface area (Å²) in [5.74, 6) is -3.92. The molecule has 0 bridgehead atoms. The van der Waals surface area contributed by atoms with Crippen LogP contribution in [0.15, 0.2) is 77.6 Å². The fourth-order valence-electron chi connectivity index (χ4n) is 3.04. The van der Waals surface area contributed by atoms with E-state index in [1.807, 2.05) is 0 Å². The van der Waals surface area contributed by atoms with Gasteiger partial charge in [0, 0.05) is 10.9 Å². The summed E-state index contributed by atoms with van der Waals surface area (Å²) >= 11 is 0. The monoisotopic (exact) mass is 420 g/mol. The molecule has 0 unspecified atom stereocenters. The fourth-order valence-corrected chi connectivity index (χ4v) is 3.04. The van der Waals surface area contributed by atoms with Crippen LogP contribution in [0.5, 0.6) is 0 Å². The standard InChI is InChI=1S/C23H14F2N2O4/c24-18-11-10-14(12-19(18)25)20(28)13-31-23(30)21-16-8-4-5-9-17(16)22(29)27(26-21)15-6-2-1-3-7-15/h1-12H,13H2. The van der Waals surface area contributed by atoms with Crippen LogP contribution in [0.2, 0.25) is 0 Å². The van der Waals surface area contributed by atoms with E-state index >= 15 is 0 Å². The summed E-state index contributed by atoms with van der Waals surface area (Å²) in [4.78, 5) is 37.8. The number of hydrogen-bond donors (Lipinski definition) is 0. The Bertz CT molecular complexity index is 1370. The van der Waals surface area contributed by atoms with Gasteiger partial charge in [0.05, 0.1) is 11.1 Å². The summed E-state index contributed by atoms with van der Waals surface area (Å²) in [7, 11) is 0. The van der Waals surface area contributed by atoms with Gasteiger partial charge in [-0.3, -0.25) is 9.59 Å². The number of para-hydroxylation sites is 1. The molecule has 6 nitrogen and oxygen atoms in total. The number of ether oxygens (including phenoxy) is 1. The Morgan fingerprint density at radius 2 is 1.55 bits per heavy atom. The molecule has 8 heteroatoms. The highest BCUT2D eigenvalue weighted by Gasteiger charge is 2.20. The number of esters is 1. The van der Waals surface area contributed by atoms with Crippen molar-refractivity contribution in [3.63, 3.8) is 0 Å². The quantitative estimate of drug-likeness (QED) is 0.363. The number of ketones is 1. The van der Waals surface area contributed by atoms with E-state index in [2.05, 4.69) is 5.10 Å². The maximum atomic E-state index is 13.3. The van der Waals surface area contributed by atoms with Crippen molar-refractivity contribution >= 4 is 22.5 Å². The van der Waals surface area contributed by atoms with Gasteiger partial charge in [-0.2, -0.15) is 9.78 Å². The fraction of sp³-hybridized carbons (Fsp3) is 0.0435. The third-order valence-electron chi connectivity index (χ3n) is 4.58. The van der Waals surface area contributed by atoms with Gasteiger partial charge in [-0.15, -0.1) is 0 Å². The smallest absolute Gasteiger partial charge is 0.359 e. The minimum Gasteiger partial charge on any atom is -0.452 e. The molecule has 0 aliphatic carbocycles. The number of carbonyl (C=O) groups is 2. The second-order valence-electron chi connectivity index (χ2n) is 6.57. The van der Waals surface area contributed by atoms with Crippen LogP contribution in [0.4, 0.5) is 8.78 Å². The Labute approximate surface area is 174 Å². The minimum atomic E-state index is -1.18. The van der Waals surface area contributed by atoms with Gasteiger partial charge in [-0.1, -0.05) is 36.4 Å². The number of nitrogens with zero attached hydrogens (tertiary/aromatic N) is 2. The molecule has 0 aliphatic heterocycles. The molecule has 0 N–H and O–H groups in total. The van der Waals surface area contributed by atoms with Gasteiger partial charge in [0.2, 0.25) is 0 Å². The van der Waals surface area contributed by atoms with Gasteiger partial charge in [-0.05, 0) is 36.4 Å². The zero-order valence-electron chi connectivity index (χ0n) is 15.9. The third-order valence-corrected chi connectivity index (χ3v) is 4.58. The van der Waals surface area contributed by atoms with Gasteiger partial charge >= 0.3 is 5.97 Å². The van der Waals surface area contributed by atoms with Gasteiger partial charge < -0.3 is 4.74 Å². The minimum absolute atomic E-state index is 0.140. The zero-order chi connectivity index (χ0) is 22.0.